The van der Waals surface area contributed by atoms with Gasteiger partial charge in [-0.25, -0.2) is 0 Å². The molecule has 164 valence electrons. The lowest BCUT2D eigenvalue weighted by molar-refractivity contribution is -0.139. The zero-order valence-electron chi connectivity index (χ0n) is 19.7. The van der Waals surface area contributed by atoms with E-state index in [2.05, 4.69) is 40.8 Å². The number of hydrogen-bond acceptors (Lipinski definition) is 4. The molecule has 0 radical (unpaired) electrons. The Kier molecular flexibility index (Phi) is 9.00. The van der Waals surface area contributed by atoms with Crippen molar-refractivity contribution in [2.24, 2.45) is 17.3 Å². The maximum atomic E-state index is 13.0. The van der Waals surface area contributed by atoms with Crippen LogP contribution in [0.15, 0.2) is 30.3 Å². The fourth-order valence-electron chi connectivity index (χ4n) is 3.05. The van der Waals surface area contributed by atoms with E-state index in [0.29, 0.717) is 13.2 Å². The number of Topliss-reactive ketones (excluding diaryl/α,β-unsaturated/α-hetero) is 1. The topological polar surface area (TPSA) is 52.6 Å². The van der Waals surface area contributed by atoms with Crippen molar-refractivity contribution >= 4 is 20.4 Å². The SMILES string of the molecule is CC(C(=O)C(C)(C)C=O)C(O[Si](C)(C)C(C)(C)C)[C@@H](C)COCc1ccccc1. The molecule has 0 aliphatic rings. The first-order valence-corrected chi connectivity index (χ1v) is 13.4. The molecular weight excluding hydrogens is 380 g/mol. The van der Waals surface area contributed by atoms with Crippen LogP contribution in [0.2, 0.25) is 18.1 Å². The Labute approximate surface area is 178 Å². The summed E-state index contributed by atoms with van der Waals surface area (Å²) in [6.07, 6.45) is 0.449. The van der Waals surface area contributed by atoms with Gasteiger partial charge >= 0.3 is 0 Å². The molecule has 0 fully saturated rings. The first-order chi connectivity index (χ1) is 13.2. The molecule has 5 heteroatoms. The number of ketones is 1. The largest absolute Gasteiger partial charge is 0.413 e. The molecule has 0 saturated heterocycles. The van der Waals surface area contributed by atoms with Gasteiger partial charge in [0.25, 0.3) is 0 Å². The summed E-state index contributed by atoms with van der Waals surface area (Å²) >= 11 is 0. The number of benzene rings is 1. The van der Waals surface area contributed by atoms with E-state index in [1.807, 2.05) is 37.3 Å². The molecule has 0 amide bonds. The van der Waals surface area contributed by atoms with Crippen molar-refractivity contribution < 1.29 is 18.8 Å². The van der Waals surface area contributed by atoms with Crippen LogP contribution in [-0.2, 0) is 25.4 Å². The summed E-state index contributed by atoms with van der Waals surface area (Å²) in [7, 11) is -2.11. The Morgan fingerprint density at radius 1 is 1.07 bits per heavy atom. The molecule has 0 bridgehead atoms. The molecule has 4 nitrogen and oxygen atoms in total. The zero-order chi connectivity index (χ0) is 22.5. The fraction of sp³-hybridized carbons (Fsp3) is 0.667. The first-order valence-electron chi connectivity index (χ1n) is 10.5. The lowest BCUT2D eigenvalue weighted by Gasteiger charge is -2.43. The molecule has 0 heterocycles. The number of rotatable bonds is 11. The standard InChI is InChI=1S/C24H40O4Si/c1-18(15-27-16-20-13-11-10-12-14-20)21(28-29(8,9)23(3,4)5)19(2)22(26)24(6,7)17-25/h10-14,17-19,21H,15-16H2,1-9H3/t18-,19?,21?/m0/s1. The Morgan fingerprint density at radius 3 is 2.10 bits per heavy atom. The van der Waals surface area contributed by atoms with Crippen molar-refractivity contribution in [2.75, 3.05) is 6.61 Å². The Morgan fingerprint density at radius 2 is 1.62 bits per heavy atom. The highest BCUT2D eigenvalue weighted by Crippen LogP contribution is 2.40. The number of ether oxygens (including phenoxy) is 1. The van der Waals surface area contributed by atoms with Crippen LogP contribution >= 0.6 is 0 Å². The normalized spacial score (nSPS) is 16.2. The third-order valence-electron chi connectivity index (χ3n) is 6.13. The number of hydrogen-bond donors (Lipinski definition) is 0. The van der Waals surface area contributed by atoms with Gasteiger partial charge in [-0.05, 0) is 37.5 Å². The van der Waals surface area contributed by atoms with Crippen molar-refractivity contribution in [1.82, 2.24) is 0 Å². The van der Waals surface area contributed by atoms with E-state index in [9.17, 15) is 9.59 Å². The first kappa shape index (κ1) is 25.7. The molecule has 0 N–H and O–H groups in total. The van der Waals surface area contributed by atoms with Crippen LogP contribution in [0, 0.1) is 17.3 Å². The zero-order valence-corrected chi connectivity index (χ0v) is 20.7. The molecule has 0 saturated carbocycles. The number of carbonyl (C=O) groups excluding carboxylic acids is 2. The number of carbonyl (C=O) groups is 2. The molecule has 1 aromatic rings. The molecule has 0 spiro atoms. The van der Waals surface area contributed by atoms with Crippen LogP contribution in [0.1, 0.15) is 54.0 Å². The fourth-order valence-corrected chi connectivity index (χ4v) is 4.52. The average Bonchev–Trinajstić information content (AvgIpc) is 2.64. The second kappa shape index (κ2) is 10.1. The van der Waals surface area contributed by atoms with Gasteiger partial charge in [-0.1, -0.05) is 65.0 Å². The van der Waals surface area contributed by atoms with Crippen molar-refractivity contribution in [3.63, 3.8) is 0 Å². The highest BCUT2D eigenvalue weighted by molar-refractivity contribution is 6.74. The smallest absolute Gasteiger partial charge is 0.192 e. The van der Waals surface area contributed by atoms with E-state index < -0.39 is 13.7 Å². The van der Waals surface area contributed by atoms with E-state index in [1.54, 1.807) is 13.8 Å². The van der Waals surface area contributed by atoms with Crippen LogP contribution in [0.4, 0.5) is 0 Å². The van der Waals surface area contributed by atoms with E-state index in [0.717, 1.165) is 11.8 Å². The summed E-state index contributed by atoms with van der Waals surface area (Å²) in [5, 5.41) is 0.0266. The molecule has 3 atom stereocenters. The summed E-state index contributed by atoms with van der Waals surface area (Å²) in [5.41, 5.74) is 0.104. The van der Waals surface area contributed by atoms with Gasteiger partial charge in [0.05, 0.1) is 24.7 Å². The number of aldehydes is 1. The van der Waals surface area contributed by atoms with Gasteiger partial charge in [0, 0.05) is 11.8 Å². The highest BCUT2D eigenvalue weighted by Gasteiger charge is 2.44. The Balaban J connectivity index is 2.99. The summed E-state index contributed by atoms with van der Waals surface area (Å²) in [6.45, 7) is 19.3. The van der Waals surface area contributed by atoms with E-state index in [4.69, 9.17) is 9.16 Å². The van der Waals surface area contributed by atoms with Gasteiger partial charge in [0.1, 0.15) is 6.29 Å². The predicted molar refractivity (Wildman–Crippen MR) is 121 cm³/mol. The molecule has 0 aliphatic heterocycles. The average molecular weight is 421 g/mol. The molecule has 2 unspecified atom stereocenters. The molecule has 1 rings (SSSR count). The minimum absolute atomic E-state index is 0.0224. The monoisotopic (exact) mass is 420 g/mol. The molecule has 0 aliphatic carbocycles. The van der Waals surface area contributed by atoms with Crippen molar-refractivity contribution in [2.45, 2.75) is 79.3 Å². The predicted octanol–water partition coefficient (Wildman–Crippen LogP) is 5.66. The molecule has 29 heavy (non-hydrogen) atoms. The minimum atomic E-state index is -2.11. The Bertz CT molecular complexity index is 661. The summed E-state index contributed by atoms with van der Waals surface area (Å²) in [5.74, 6) is -0.444. The van der Waals surface area contributed by atoms with Crippen LogP contribution in [-0.4, -0.2) is 33.1 Å². The lowest BCUT2D eigenvalue weighted by atomic mass is 9.78. The van der Waals surface area contributed by atoms with Gasteiger partial charge in [0.15, 0.2) is 14.1 Å². The third kappa shape index (κ3) is 7.16. The maximum absolute atomic E-state index is 13.0. The van der Waals surface area contributed by atoms with Gasteiger partial charge in [-0.3, -0.25) is 4.79 Å². The van der Waals surface area contributed by atoms with Crippen molar-refractivity contribution in [3.05, 3.63) is 35.9 Å². The van der Waals surface area contributed by atoms with Crippen LogP contribution in [0.25, 0.3) is 0 Å². The lowest BCUT2D eigenvalue weighted by Crippen LogP contribution is -2.50. The summed E-state index contributed by atoms with van der Waals surface area (Å²) in [4.78, 5) is 24.5. The van der Waals surface area contributed by atoms with Crippen molar-refractivity contribution in [1.29, 1.82) is 0 Å². The molecular formula is C24H40O4Si. The summed E-state index contributed by atoms with van der Waals surface area (Å²) < 4.78 is 12.7. The van der Waals surface area contributed by atoms with Gasteiger partial charge in [-0.15, -0.1) is 0 Å². The van der Waals surface area contributed by atoms with Crippen molar-refractivity contribution in [3.8, 4) is 0 Å². The van der Waals surface area contributed by atoms with Gasteiger partial charge < -0.3 is 14.0 Å². The highest BCUT2D eigenvalue weighted by atomic mass is 28.4. The van der Waals surface area contributed by atoms with E-state index >= 15 is 0 Å². The maximum Gasteiger partial charge on any atom is 0.192 e. The van der Waals surface area contributed by atoms with E-state index in [-0.39, 0.29) is 28.8 Å². The van der Waals surface area contributed by atoms with E-state index in [1.165, 1.54) is 0 Å². The summed E-state index contributed by atoms with van der Waals surface area (Å²) in [6, 6.07) is 10.0. The van der Waals surface area contributed by atoms with Crippen LogP contribution in [0.5, 0.6) is 0 Å². The second-order valence-corrected chi connectivity index (χ2v) is 15.1. The minimum Gasteiger partial charge on any atom is -0.413 e. The molecule has 0 aromatic heterocycles. The quantitative estimate of drug-likeness (QED) is 0.263. The molecule has 1 aromatic carbocycles. The van der Waals surface area contributed by atoms with Crippen LogP contribution in [0.3, 0.4) is 0 Å². The van der Waals surface area contributed by atoms with Gasteiger partial charge in [0.2, 0.25) is 0 Å². The Hall–Kier alpha value is -1.30. The van der Waals surface area contributed by atoms with Crippen LogP contribution < -0.4 is 0 Å². The van der Waals surface area contributed by atoms with Gasteiger partial charge in [-0.2, -0.15) is 0 Å². The second-order valence-electron chi connectivity index (χ2n) is 10.3. The third-order valence-corrected chi connectivity index (χ3v) is 10.6.